The Balaban J connectivity index is 2.00. The predicted molar refractivity (Wildman–Crippen MR) is 83.6 cm³/mol. The molecule has 0 aliphatic carbocycles. The first-order chi connectivity index (χ1) is 9.86. The molecule has 4 N–H and O–H groups in total. The summed E-state index contributed by atoms with van der Waals surface area (Å²) < 4.78 is 23.7. The van der Waals surface area contributed by atoms with Crippen LogP contribution in [0.3, 0.4) is 0 Å². The average molecular weight is 310 g/mol. The molecule has 2 atom stereocenters. The van der Waals surface area contributed by atoms with E-state index in [-0.39, 0.29) is 10.9 Å². The van der Waals surface area contributed by atoms with Crippen LogP contribution in [-0.2, 0) is 10.0 Å². The van der Waals surface area contributed by atoms with Gasteiger partial charge in [0.15, 0.2) is 0 Å². The quantitative estimate of drug-likeness (QED) is 0.780. The summed E-state index contributed by atoms with van der Waals surface area (Å²) in [5, 5.41) is 5.36. The zero-order chi connectivity index (χ0) is 15.2. The first kappa shape index (κ1) is 14.6. The lowest BCUT2D eigenvalue weighted by atomic mass is 10.1. The molecule has 0 spiro atoms. The Labute approximate surface area is 125 Å². The van der Waals surface area contributed by atoms with E-state index < -0.39 is 10.0 Å². The van der Waals surface area contributed by atoms with Gasteiger partial charge >= 0.3 is 0 Å². The Kier molecular flexibility index (Phi) is 3.59. The number of nitrogens with zero attached hydrogens (tertiary/aromatic N) is 2. The maximum Gasteiger partial charge on any atom is 0.240 e. The van der Waals surface area contributed by atoms with E-state index in [4.69, 9.17) is 10.9 Å². The molecular formula is C14H22N4O2S. The van der Waals surface area contributed by atoms with Crippen molar-refractivity contribution in [3.63, 3.8) is 0 Å². The first-order valence-corrected chi connectivity index (χ1v) is 8.84. The summed E-state index contributed by atoms with van der Waals surface area (Å²) in [5.41, 5.74) is 6.81. The lowest BCUT2D eigenvalue weighted by molar-refractivity contribution is 0.202. The third-order valence-corrected chi connectivity index (χ3v) is 5.48. The van der Waals surface area contributed by atoms with Gasteiger partial charge in [-0.3, -0.25) is 4.90 Å². The van der Waals surface area contributed by atoms with E-state index in [1.165, 1.54) is 18.9 Å². The number of hydrogen-bond acceptors (Lipinski definition) is 5. The van der Waals surface area contributed by atoms with Crippen LogP contribution < -0.4 is 15.8 Å². The van der Waals surface area contributed by atoms with Crippen LogP contribution in [0, 0.1) is 0 Å². The summed E-state index contributed by atoms with van der Waals surface area (Å²) in [4.78, 5) is 4.78. The smallest absolute Gasteiger partial charge is 0.240 e. The molecule has 7 heteroatoms. The van der Waals surface area contributed by atoms with Gasteiger partial charge in [0, 0.05) is 30.9 Å². The van der Waals surface area contributed by atoms with Gasteiger partial charge in [0.2, 0.25) is 10.0 Å². The van der Waals surface area contributed by atoms with Gasteiger partial charge in [-0.1, -0.05) is 0 Å². The third kappa shape index (κ3) is 2.73. The molecule has 0 amide bonds. The molecule has 2 unspecified atom stereocenters. The van der Waals surface area contributed by atoms with E-state index in [0.717, 1.165) is 19.6 Å². The molecule has 116 valence electrons. The van der Waals surface area contributed by atoms with Crippen molar-refractivity contribution in [1.82, 2.24) is 4.90 Å². The molecule has 0 radical (unpaired) electrons. The van der Waals surface area contributed by atoms with Crippen LogP contribution in [0.25, 0.3) is 0 Å². The van der Waals surface area contributed by atoms with E-state index in [1.54, 1.807) is 12.1 Å². The predicted octanol–water partition coefficient (Wildman–Crippen LogP) is 0.589. The van der Waals surface area contributed by atoms with Crippen LogP contribution in [0.2, 0.25) is 0 Å². The Morgan fingerprint density at radius 2 is 2.05 bits per heavy atom. The zero-order valence-electron chi connectivity index (χ0n) is 12.2. The van der Waals surface area contributed by atoms with Crippen LogP contribution in [-0.4, -0.2) is 45.0 Å². The maximum atomic E-state index is 11.9. The maximum absolute atomic E-state index is 11.9. The highest BCUT2D eigenvalue weighted by atomic mass is 32.2. The van der Waals surface area contributed by atoms with Crippen molar-refractivity contribution >= 4 is 21.4 Å². The topological polar surface area (TPSA) is 92.7 Å². The summed E-state index contributed by atoms with van der Waals surface area (Å²) in [5.74, 6) is 0. The van der Waals surface area contributed by atoms with Crippen LogP contribution in [0.4, 0.5) is 11.4 Å². The molecule has 1 aromatic carbocycles. The van der Waals surface area contributed by atoms with E-state index in [0.29, 0.717) is 17.4 Å². The summed E-state index contributed by atoms with van der Waals surface area (Å²) >= 11 is 0. The number of benzene rings is 1. The number of piperazine rings is 1. The van der Waals surface area contributed by atoms with E-state index in [2.05, 4.69) is 16.7 Å². The van der Waals surface area contributed by atoms with Gasteiger partial charge in [0.05, 0.1) is 5.69 Å². The van der Waals surface area contributed by atoms with Gasteiger partial charge in [0.1, 0.15) is 4.90 Å². The molecule has 0 saturated carbocycles. The molecular weight excluding hydrogens is 288 g/mol. The van der Waals surface area contributed by atoms with E-state index >= 15 is 0 Å². The molecule has 0 aromatic heterocycles. The summed E-state index contributed by atoms with van der Waals surface area (Å²) in [6.45, 7) is 5.07. The van der Waals surface area contributed by atoms with Crippen LogP contribution >= 0.6 is 0 Å². The molecule has 21 heavy (non-hydrogen) atoms. The normalized spacial score (nSPS) is 26.9. The Bertz CT molecular complexity index is 646. The van der Waals surface area contributed by atoms with Crippen molar-refractivity contribution in [2.45, 2.75) is 36.7 Å². The zero-order valence-corrected chi connectivity index (χ0v) is 13.0. The summed E-state index contributed by atoms with van der Waals surface area (Å²) in [6, 6.07) is 5.72. The van der Waals surface area contributed by atoms with Crippen LogP contribution in [0.15, 0.2) is 23.1 Å². The SMILES string of the molecule is CC1CN2CCCC2CN1c1ccc(N)cc1S(N)(=O)=O. The molecule has 2 saturated heterocycles. The van der Waals surface area contributed by atoms with Crippen molar-refractivity contribution in [2.24, 2.45) is 5.14 Å². The number of rotatable bonds is 2. The average Bonchev–Trinajstić information content (AvgIpc) is 2.84. The highest BCUT2D eigenvalue weighted by Gasteiger charge is 2.35. The Hall–Kier alpha value is -1.31. The first-order valence-electron chi connectivity index (χ1n) is 7.29. The minimum Gasteiger partial charge on any atom is -0.399 e. The molecule has 2 heterocycles. The number of nitrogens with two attached hydrogens (primary N) is 2. The van der Waals surface area contributed by atoms with Crippen molar-refractivity contribution in [3.05, 3.63) is 18.2 Å². The summed E-state index contributed by atoms with van der Waals surface area (Å²) in [7, 11) is -3.79. The fraction of sp³-hybridized carbons (Fsp3) is 0.571. The fourth-order valence-electron chi connectivity index (χ4n) is 3.52. The number of hydrogen-bond donors (Lipinski definition) is 2. The largest absolute Gasteiger partial charge is 0.399 e. The summed E-state index contributed by atoms with van der Waals surface area (Å²) in [6.07, 6.45) is 2.39. The van der Waals surface area contributed by atoms with Crippen molar-refractivity contribution in [1.29, 1.82) is 0 Å². The van der Waals surface area contributed by atoms with Crippen molar-refractivity contribution in [2.75, 3.05) is 30.3 Å². The molecule has 6 nitrogen and oxygen atoms in total. The standard InChI is InChI=1S/C14H22N4O2S/c1-10-8-17-6-2-3-12(17)9-18(10)13-5-4-11(15)7-14(13)21(16,19)20/h4-5,7,10,12H,2-3,6,8-9,15H2,1H3,(H2,16,19,20). The molecule has 2 aliphatic heterocycles. The lowest BCUT2D eigenvalue weighted by Gasteiger charge is -2.44. The van der Waals surface area contributed by atoms with E-state index in [9.17, 15) is 8.42 Å². The Morgan fingerprint density at radius 1 is 1.29 bits per heavy atom. The molecule has 1 aromatic rings. The van der Waals surface area contributed by atoms with Gasteiger partial charge in [0.25, 0.3) is 0 Å². The van der Waals surface area contributed by atoms with Gasteiger partial charge in [-0.15, -0.1) is 0 Å². The molecule has 0 bridgehead atoms. The second-order valence-corrected chi connectivity index (χ2v) is 7.59. The number of anilines is 2. The van der Waals surface area contributed by atoms with Crippen LogP contribution in [0.1, 0.15) is 19.8 Å². The number of nitrogen functional groups attached to an aromatic ring is 1. The van der Waals surface area contributed by atoms with Crippen LogP contribution in [0.5, 0.6) is 0 Å². The molecule has 2 fully saturated rings. The van der Waals surface area contributed by atoms with Gasteiger partial charge in [-0.05, 0) is 44.5 Å². The third-order valence-electron chi connectivity index (χ3n) is 4.54. The second kappa shape index (κ2) is 5.15. The minimum absolute atomic E-state index is 0.126. The number of sulfonamides is 1. The van der Waals surface area contributed by atoms with Gasteiger partial charge in [-0.25, -0.2) is 13.6 Å². The van der Waals surface area contributed by atoms with Crippen molar-refractivity contribution in [3.8, 4) is 0 Å². The molecule has 2 aliphatic rings. The minimum atomic E-state index is -3.79. The van der Waals surface area contributed by atoms with Gasteiger partial charge in [-0.2, -0.15) is 0 Å². The Morgan fingerprint density at radius 3 is 2.76 bits per heavy atom. The highest BCUT2D eigenvalue weighted by Crippen LogP contribution is 2.33. The fourth-order valence-corrected chi connectivity index (χ4v) is 4.30. The number of primary sulfonamides is 1. The molecule has 3 rings (SSSR count). The highest BCUT2D eigenvalue weighted by molar-refractivity contribution is 7.89. The lowest BCUT2D eigenvalue weighted by Crippen LogP contribution is -2.55. The van der Waals surface area contributed by atoms with E-state index in [1.807, 2.05) is 0 Å². The van der Waals surface area contributed by atoms with Gasteiger partial charge < -0.3 is 10.6 Å². The van der Waals surface area contributed by atoms with Crippen molar-refractivity contribution < 1.29 is 8.42 Å². The second-order valence-electron chi connectivity index (χ2n) is 6.06. The number of fused-ring (bicyclic) bond motifs is 1. The monoisotopic (exact) mass is 310 g/mol.